The number of hydrogen-bond acceptors (Lipinski definition) is 5. The van der Waals surface area contributed by atoms with E-state index < -0.39 is 0 Å². The normalized spacial score (nSPS) is 11.5. The van der Waals surface area contributed by atoms with Crippen molar-refractivity contribution in [3.63, 3.8) is 0 Å². The molecular weight excluding hydrogens is 382 g/mol. The lowest BCUT2D eigenvalue weighted by atomic mass is 9.87. The van der Waals surface area contributed by atoms with Gasteiger partial charge < -0.3 is 11.2 Å². The third-order valence-corrected chi connectivity index (χ3v) is 5.74. The number of aryl methyl sites for hydroxylation is 2. The standard InChI is InChI=1S/C22H27N5OS/c1-14-6-11-18(12-15(14)2)24-19(28)13-29-21-26-25-20(27(21)23)16-7-9-17(10-8-16)22(3,4)5/h6-12H,13,23H2,1-5H3,(H,24,28). The van der Waals surface area contributed by atoms with Gasteiger partial charge in [-0.2, -0.15) is 0 Å². The number of nitrogens with zero attached hydrogens (tertiary/aromatic N) is 3. The lowest BCUT2D eigenvalue weighted by Gasteiger charge is -2.19. The average Bonchev–Trinajstić information content (AvgIpc) is 3.03. The summed E-state index contributed by atoms with van der Waals surface area (Å²) >= 11 is 1.26. The van der Waals surface area contributed by atoms with Gasteiger partial charge in [0, 0.05) is 11.3 Å². The number of anilines is 1. The number of nitrogens with one attached hydrogen (secondary N) is 1. The molecule has 0 radical (unpaired) electrons. The molecule has 0 saturated carbocycles. The predicted molar refractivity (Wildman–Crippen MR) is 120 cm³/mol. The molecule has 0 aliphatic heterocycles. The van der Waals surface area contributed by atoms with Gasteiger partial charge in [-0.05, 0) is 48.1 Å². The Balaban J connectivity index is 1.65. The maximum absolute atomic E-state index is 12.3. The van der Waals surface area contributed by atoms with Gasteiger partial charge in [0.1, 0.15) is 0 Å². The van der Waals surface area contributed by atoms with Gasteiger partial charge in [-0.25, -0.2) is 4.68 Å². The SMILES string of the molecule is Cc1ccc(NC(=O)CSc2nnc(-c3ccc(C(C)(C)C)cc3)n2N)cc1C. The molecule has 3 N–H and O–H groups in total. The molecule has 2 aromatic carbocycles. The molecule has 0 bridgehead atoms. The largest absolute Gasteiger partial charge is 0.335 e. The molecule has 1 amide bonds. The lowest BCUT2D eigenvalue weighted by Crippen LogP contribution is -2.16. The van der Waals surface area contributed by atoms with Crippen LogP contribution in [0.3, 0.4) is 0 Å². The Kier molecular flexibility index (Phi) is 5.98. The molecule has 152 valence electrons. The van der Waals surface area contributed by atoms with Crippen molar-refractivity contribution in [3.8, 4) is 11.4 Å². The molecule has 3 rings (SSSR count). The predicted octanol–water partition coefficient (Wildman–Crippen LogP) is 4.30. The third kappa shape index (κ3) is 4.98. The van der Waals surface area contributed by atoms with Crippen LogP contribution >= 0.6 is 11.8 Å². The van der Waals surface area contributed by atoms with Gasteiger partial charge in [-0.1, -0.05) is 62.9 Å². The first-order valence-electron chi connectivity index (χ1n) is 9.46. The van der Waals surface area contributed by atoms with Gasteiger partial charge in [0.25, 0.3) is 0 Å². The maximum atomic E-state index is 12.3. The van der Waals surface area contributed by atoms with Crippen LogP contribution in [0.25, 0.3) is 11.4 Å². The number of carbonyl (C=O) groups excluding carboxylic acids is 1. The van der Waals surface area contributed by atoms with Gasteiger partial charge >= 0.3 is 0 Å². The van der Waals surface area contributed by atoms with Crippen LogP contribution in [0.5, 0.6) is 0 Å². The van der Waals surface area contributed by atoms with E-state index in [1.54, 1.807) is 0 Å². The minimum Gasteiger partial charge on any atom is -0.335 e. The molecule has 29 heavy (non-hydrogen) atoms. The number of nitrogens with two attached hydrogens (primary N) is 1. The van der Waals surface area contributed by atoms with Gasteiger partial charge in [0.15, 0.2) is 5.82 Å². The molecule has 0 fully saturated rings. The van der Waals surface area contributed by atoms with Crippen molar-refractivity contribution in [2.75, 3.05) is 16.9 Å². The fourth-order valence-corrected chi connectivity index (χ4v) is 3.49. The minimum atomic E-state index is -0.114. The van der Waals surface area contributed by atoms with Crippen LogP contribution in [0.1, 0.15) is 37.5 Å². The Bertz CT molecular complexity index is 1020. The molecule has 6 nitrogen and oxygen atoms in total. The van der Waals surface area contributed by atoms with E-state index in [9.17, 15) is 4.79 Å². The van der Waals surface area contributed by atoms with E-state index >= 15 is 0 Å². The Hall–Kier alpha value is -2.80. The Labute approximate surface area is 175 Å². The third-order valence-electron chi connectivity index (χ3n) is 4.80. The number of aromatic nitrogens is 3. The number of thioether (sulfide) groups is 1. The number of amides is 1. The summed E-state index contributed by atoms with van der Waals surface area (Å²) in [5.74, 6) is 6.83. The summed E-state index contributed by atoms with van der Waals surface area (Å²) in [6, 6.07) is 14.0. The fourth-order valence-electron chi connectivity index (χ4n) is 2.84. The minimum absolute atomic E-state index is 0.0826. The molecule has 1 heterocycles. The second-order valence-corrected chi connectivity index (χ2v) is 9.08. The van der Waals surface area contributed by atoms with Crippen LogP contribution in [-0.4, -0.2) is 26.5 Å². The molecular formula is C22H27N5OS. The van der Waals surface area contributed by atoms with E-state index in [0.29, 0.717) is 11.0 Å². The monoisotopic (exact) mass is 409 g/mol. The van der Waals surface area contributed by atoms with Crippen molar-refractivity contribution < 1.29 is 4.79 Å². The zero-order chi connectivity index (χ0) is 21.2. The summed E-state index contributed by atoms with van der Waals surface area (Å²) in [6.45, 7) is 10.6. The number of benzene rings is 2. The summed E-state index contributed by atoms with van der Waals surface area (Å²) in [5.41, 5.74) is 5.32. The number of rotatable bonds is 5. The first kappa shape index (κ1) is 20.9. The summed E-state index contributed by atoms with van der Waals surface area (Å²) < 4.78 is 1.43. The summed E-state index contributed by atoms with van der Waals surface area (Å²) in [5, 5.41) is 11.7. The lowest BCUT2D eigenvalue weighted by molar-refractivity contribution is -0.113. The van der Waals surface area contributed by atoms with E-state index in [4.69, 9.17) is 5.84 Å². The molecule has 7 heteroatoms. The van der Waals surface area contributed by atoms with Crippen molar-refractivity contribution in [2.24, 2.45) is 0 Å². The Morgan fingerprint density at radius 3 is 2.38 bits per heavy atom. The molecule has 0 aliphatic carbocycles. The number of hydrogen-bond donors (Lipinski definition) is 2. The molecule has 0 spiro atoms. The van der Waals surface area contributed by atoms with E-state index in [-0.39, 0.29) is 17.1 Å². The molecule has 1 aromatic heterocycles. The highest BCUT2D eigenvalue weighted by Gasteiger charge is 2.16. The summed E-state index contributed by atoms with van der Waals surface area (Å²) in [7, 11) is 0. The van der Waals surface area contributed by atoms with Crippen molar-refractivity contribution in [1.29, 1.82) is 0 Å². The quantitative estimate of drug-likeness (QED) is 0.485. The van der Waals surface area contributed by atoms with Crippen LogP contribution in [-0.2, 0) is 10.2 Å². The van der Waals surface area contributed by atoms with Gasteiger partial charge in [-0.3, -0.25) is 4.79 Å². The van der Waals surface area contributed by atoms with E-state index in [2.05, 4.69) is 48.4 Å². The second kappa shape index (κ2) is 8.29. The van der Waals surface area contributed by atoms with Crippen LogP contribution in [0.15, 0.2) is 47.6 Å². The second-order valence-electron chi connectivity index (χ2n) is 8.14. The number of carbonyl (C=O) groups is 1. The van der Waals surface area contributed by atoms with Gasteiger partial charge in [-0.15, -0.1) is 10.2 Å². The van der Waals surface area contributed by atoms with Crippen LogP contribution in [0, 0.1) is 13.8 Å². The average molecular weight is 410 g/mol. The van der Waals surface area contributed by atoms with E-state index in [1.165, 1.54) is 27.6 Å². The van der Waals surface area contributed by atoms with Gasteiger partial charge in [0.05, 0.1) is 5.75 Å². The summed E-state index contributed by atoms with van der Waals surface area (Å²) in [6.07, 6.45) is 0. The smallest absolute Gasteiger partial charge is 0.234 e. The molecule has 0 aliphatic rings. The highest BCUT2D eigenvalue weighted by atomic mass is 32.2. The van der Waals surface area contributed by atoms with Crippen molar-refractivity contribution in [1.82, 2.24) is 14.9 Å². The zero-order valence-electron chi connectivity index (χ0n) is 17.5. The highest BCUT2D eigenvalue weighted by Crippen LogP contribution is 2.26. The van der Waals surface area contributed by atoms with E-state index in [0.717, 1.165) is 16.8 Å². The molecule has 0 atom stereocenters. The zero-order valence-corrected chi connectivity index (χ0v) is 18.3. The van der Waals surface area contributed by atoms with Crippen LogP contribution < -0.4 is 11.2 Å². The first-order valence-corrected chi connectivity index (χ1v) is 10.4. The van der Waals surface area contributed by atoms with E-state index in [1.807, 2.05) is 44.2 Å². The Morgan fingerprint density at radius 1 is 1.07 bits per heavy atom. The Morgan fingerprint density at radius 2 is 1.76 bits per heavy atom. The van der Waals surface area contributed by atoms with Crippen molar-refractivity contribution >= 4 is 23.4 Å². The molecule has 3 aromatic rings. The fraction of sp³-hybridized carbons (Fsp3) is 0.318. The summed E-state index contributed by atoms with van der Waals surface area (Å²) in [4.78, 5) is 12.3. The molecule has 0 unspecified atom stereocenters. The van der Waals surface area contributed by atoms with Crippen molar-refractivity contribution in [2.45, 2.75) is 45.2 Å². The number of nitrogen functional groups attached to an aromatic ring is 1. The topological polar surface area (TPSA) is 85.8 Å². The maximum Gasteiger partial charge on any atom is 0.234 e. The first-order chi connectivity index (χ1) is 13.6. The van der Waals surface area contributed by atoms with Crippen LogP contribution in [0.2, 0.25) is 0 Å². The highest BCUT2D eigenvalue weighted by molar-refractivity contribution is 7.99. The van der Waals surface area contributed by atoms with Gasteiger partial charge in [0.2, 0.25) is 11.1 Å². The van der Waals surface area contributed by atoms with Crippen LogP contribution in [0.4, 0.5) is 5.69 Å². The molecule has 0 saturated heterocycles. The van der Waals surface area contributed by atoms with Crippen molar-refractivity contribution in [3.05, 3.63) is 59.2 Å².